The first-order valence-electron chi connectivity index (χ1n) is 9.60. The molecule has 1 saturated carbocycles. The topological polar surface area (TPSA) is 3.24 Å². The van der Waals surface area contributed by atoms with Crippen LogP contribution in [0.1, 0.15) is 96.8 Å². The van der Waals surface area contributed by atoms with Crippen LogP contribution in [0.3, 0.4) is 0 Å². The molecular formula is C19H38ClN. The zero-order chi connectivity index (χ0) is 15.3. The summed E-state index contributed by atoms with van der Waals surface area (Å²) in [5, 5.41) is 0.395. The molecule has 0 aromatic heterocycles. The normalized spacial score (nSPS) is 22.9. The second kappa shape index (κ2) is 12.8. The fourth-order valence-electron chi connectivity index (χ4n) is 3.58. The van der Waals surface area contributed by atoms with Gasteiger partial charge in [0.05, 0.1) is 0 Å². The third kappa shape index (κ3) is 9.08. The van der Waals surface area contributed by atoms with Gasteiger partial charge >= 0.3 is 0 Å². The molecule has 0 aliphatic heterocycles. The highest BCUT2D eigenvalue weighted by Crippen LogP contribution is 2.26. The number of hydrogen-bond acceptors (Lipinski definition) is 1. The first-order chi connectivity index (χ1) is 10.3. The molecule has 0 saturated heterocycles. The highest BCUT2D eigenvalue weighted by molar-refractivity contribution is 6.21. The maximum atomic E-state index is 6.47. The lowest BCUT2D eigenvalue weighted by Crippen LogP contribution is -2.41. The van der Waals surface area contributed by atoms with Gasteiger partial charge in [0.15, 0.2) is 0 Å². The van der Waals surface area contributed by atoms with E-state index < -0.39 is 0 Å². The molecule has 126 valence electrons. The van der Waals surface area contributed by atoms with Gasteiger partial charge in [-0.25, -0.2) is 0 Å². The number of hydrogen-bond donors (Lipinski definition) is 0. The van der Waals surface area contributed by atoms with E-state index in [-0.39, 0.29) is 0 Å². The Labute approximate surface area is 138 Å². The quantitative estimate of drug-likeness (QED) is 0.298. The van der Waals surface area contributed by atoms with Gasteiger partial charge in [0.1, 0.15) is 0 Å². The standard InChI is InChI=1S/C19H38ClN/c1-3-4-5-6-7-8-9-10-11-14-17-21(2)19-16-13-12-15-18(19)20/h18-19H,3-17H2,1-2H3. The second-order valence-corrected chi connectivity index (χ2v) is 7.59. The summed E-state index contributed by atoms with van der Waals surface area (Å²) in [4.78, 5) is 2.53. The molecule has 0 amide bonds. The Balaban J connectivity index is 1.89. The molecule has 0 radical (unpaired) electrons. The minimum Gasteiger partial charge on any atom is -0.302 e. The maximum absolute atomic E-state index is 6.47. The van der Waals surface area contributed by atoms with Crippen LogP contribution in [-0.4, -0.2) is 29.9 Å². The van der Waals surface area contributed by atoms with E-state index in [0.29, 0.717) is 11.4 Å². The van der Waals surface area contributed by atoms with Crippen LogP contribution in [-0.2, 0) is 0 Å². The largest absolute Gasteiger partial charge is 0.302 e. The molecule has 0 bridgehead atoms. The van der Waals surface area contributed by atoms with E-state index in [1.807, 2.05) is 0 Å². The fourth-order valence-corrected chi connectivity index (χ4v) is 4.05. The maximum Gasteiger partial charge on any atom is 0.0491 e. The summed E-state index contributed by atoms with van der Waals surface area (Å²) in [6.07, 6.45) is 19.4. The number of unbranched alkanes of at least 4 members (excludes halogenated alkanes) is 9. The van der Waals surface area contributed by atoms with Crippen molar-refractivity contribution in [3.8, 4) is 0 Å². The van der Waals surface area contributed by atoms with Gasteiger partial charge < -0.3 is 4.90 Å². The molecule has 2 atom stereocenters. The van der Waals surface area contributed by atoms with Crippen molar-refractivity contribution in [3.63, 3.8) is 0 Å². The SMILES string of the molecule is CCCCCCCCCCCCN(C)C1CCCCC1Cl. The molecule has 2 unspecified atom stereocenters. The van der Waals surface area contributed by atoms with Crippen molar-refractivity contribution in [2.45, 2.75) is 108 Å². The third-order valence-electron chi connectivity index (χ3n) is 5.08. The molecule has 0 N–H and O–H groups in total. The molecular weight excluding hydrogens is 278 g/mol. The lowest BCUT2D eigenvalue weighted by Gasteiger charge is -2.34. The number of alkyl halides is 1. The molecule has 1 aliphatic rings. The summed E-state index contributed by atoms with van der Waals surface area (Å²) in [6.45, 7) is 3.53. The average Bonchev–Trinajstić information content (AvgIpc) is 2.49. The van der Waals surface area contributed by atoms with Crippen LogP contribution in [0.4, 0.5) is 0 Å². The number of rotatable bonds is 12. The van der Waals surface area contributed by atoms with E-state index in [1.54, 1.807) is 0 Å². The van der Waals surface area contributed by atoms with Crippen LogP contribution in [0, 0.1) is 0 Å². The van der Waals surface area contributed by atoms with Gasteiger partial charge in [0.2, 0.25) is 0 Å². The van der Waals surface area contributed by atoms with Crippen LogP contribution >= 0.6 is 11.6 Å². The summed E-state index contributed by atoms with van der Waals surface area (Å²) >= 11 is 6.47. The molecule has 0 heterocycles. The Morgan fingerprint density at radius 3 is 1.90 bits per heavy atom. The van der Waals surface area contributed by atoms with Crippen molar-refractivity contribution >= 4 is 11.6 Å². The molecule has 0 aromatic rings. The summed E-state index contributed by atoms with van der Waals surface area (Å²) in [7, 11) is 2.28. The van der Waals surface area contributed by atoms with E-state index in [4.69, 9.17) is 11.6 Å². The molecule has 0 spiro atoms. The van der Waals surface area contributed by atoms with Crippen LogP contribution in [0.25, 0.3) is 0 Å². The van der Waals surface area contributed by atoms with Gasteiger partial charge in [0.25, 0.3) is 0 Å². The van der Waals surface area contributed by atoms with Crippen molar-refractivity contribution in [1.29, 1.82) is 0 Å². The van der Waals surface area contributed by atoms with Crippen LogP contribution < -0.4 is 0 Å². The lowest BCUT2D eigenvalue weighted by molar-refractivity contribution is 0.192. The fraction of sp³-hybridized carbons (Fsp3) is 1.00. The summed E-state index contributed by atoms with van der Waals surface area (Å²) in [5.41, 5.74) is 0. The van der Waals surface area contributed by atoms with Crippen LogP contribution in [0.15, 0.2) is 0 Å². The molecule has 2 heteroatoms. The molecule has 1 nitrogen and oxygen atoms in total. The third-order valence-corrected chi connectivity index (χ3v) is 5.59. The Morgan fingerprint density at radius 2 is 1.33 bits per heavy atom. The molecule has 0 aromatic carbocycles. The lowest BCUT2D eigenvalue weighted by atomic mass is 9.93. The zero-order valence-electron chi connectivity index (χ0n) is 14.6. The van der Waals surface area contributed by atoms with Crippen molar-refractivity contribution in [2.24, 2.45) is 0 Å². The number of halogens is 1. The van der Waals surface area contributed by atoms with Crippen molar-refractivity contribution in [1.82, 2.24) is 4.90 Å². The molecule has 1 fully saturated rings. The van der Waals surface area contributed by atoms with Gasteiger partial charge in [-0.15, -0.1) is 11.6 Å². The van der Waals surface area contributed by atoms with Gasteiger partial charge in [-0.3, -0.25) is 0 Å². The Bertz CT molecular complexity index is 232. The zero-order valence-corrected chi connectivity index (χ0v) is 15.3. The van der Waals surface area contributed by atoms with Crippen molar-refractivity contribution in [2.75, 3.05) is 13.6 Å². The summed E-state index contributed by atoms with van der Waals surface area (Å²) < 4.78 is 0. The first kappa shape index (κ1) is 19.3. The predicted octanol–water partition coefficient (Wildman–Crippen LogP) is 6.39. The predicted molar refractivity (Wildman–Crippen MR) is 96.4 cm³/mol. The second-order valence-electron chi connectivity index (χ2n) is 7.03. The summed E-state index contributed by atoms with van der Waals surface area (Å²) in [6, 6.07) is 0.638. The van der Waals surface area contributed by atoms with E-state index in [1.165, 1.54) is 96.4 Å². The Hall–Kier alpha value is 0.250. The van der Waals surface area contributed by atoms with Crippen molar-refractivity contribution < 1.29 is 0 Å². The van der Waals surface area contributed by atoms with E-state index >= 15 is 0 Å². The smallest absolute Gasteiger partial charge is 0.0491 e. The highest BCUT2D eigenvalue weighted by Gasteiger charge is 2.25. The number of nitrogens with zero attached hydrogens (tertiary/aromatic N) is 1. The Kier molecular flexibility index (Phi) is 11.7. The van der Waals surface area contributed by atoms with E-state index in [2.05, 4.69) is 18.9 Å². The van der Waals surface area contributed by atoms with Gasteiger partial charge in [-0.1, -0.05) is 77.6 Å². The minimum atomic E-state index is 0.395. The van der Waals surface area contributed by atoms with Gasteiger partial charge in [0, 0.05) is 11.4 Å². The molecule has 1 rings (SSSR count). The van der Waals surface area contributed by atoms with Crippen LogP contribution in [0.5, 0.6) is 0 Å². The Morgan fingerprint density at radius 1 is 0.810 bits per heavy atom. The van der Waals surface area contributed by atoms with Gasteiger partial charge in [-0.05, 0) is 32.9 Å². The van der Waals surface area contributed by atoms with Crippen molar-refractivity contribution in [3.05, 3.63) is 0 Å². The van der Waals surface area contributed by atoms with E-state index in [0.717, 1.165) is 0 Å². The molecule has 21 heavy (non-hydrogen) atoms. The van der Waals surface area contributed by atoms with Gasteiger partial charge in [-0.2, -0.15) is 0 Å². The van der Waals surface area contributed by atoms with E-state index in [9.17, 15) is 0 Å². The molecule has 1 aliphatic carbocycles. The monoisotopic (exact) mass is 315 g/mol. The minimum absolute atomic E-state index is 0.395. The average molecular weight is 316 g/mol. The summed E-state index contributed by atoms with van der Waals surface area (Å²) in [5.74, 6) is 0. The van der Waals surface area contributed by atoms with Crippen LogP contribution in [0.2, 0.25) is 0 Å². The first-order valence-corrected chi connectivity index (χ1v) is 10.0. The highest BCUT2D eigenvalue weighted by atomic mass is 35.5.